The van der Waals surface area contributed by atoms with E-state index in [2.05, 4.69) is 11.7 Å². The number of nitrogens with zero attached hydrogens (tertiary/aromatic N) is 1. The van der Waals surface area contributed by atoms with Crippen LogP contribution in [0.1, 0.15) is 26.2 Å². The summed E-state index contributed by atoms with van der Waals surface area (Å²) in [5.74, 6) is 0.907. The summed E-state index contributed by atoms with van der Waals surface area (Å²) < 4.78 is 0. The standard InChI is InChI=1S/C8H18BNO/c1-3-8-4-6-10(7-5-8)9(2)11/h8,11H,3-7H2,1-2H3. The smallest absolute Gasteiger partial charge is 0.376 e. The zero-order chi connectivity index (χ0) is 8.27. The molecule has 1 fully saturated rings. The Morgan fingerprint density at radius 1 is 1.45 bits per heavy atom. The van der Waals surface area contributed by atoms with Crippen molar-refractivity contribution < 1.29 is 5.02 Å². The minimum atomic E-state index is -0.243. The Hall–Kier alpha value is -0.0151. The van der Waals surface area contributed by atoms with Gasteiger partial charge in [-0.3, -0.25) is 0 Å². The second-order valence-corrected chi connectivity index (χ2v) is 3.52. The number of rotatable bonds is 2. The van der Waals surface area contributed by atoms with Gasteiger partial charge in [-0.2, -0.15) is 0 Å². The van der Waals surface area contributed by atoms with Gasteiger partial charge in [-0.1, -0.05) is 13.3 Å². The van der Waals surface area contributed by atoms with E-state index in [-0.39, 0.29) is 7.05 Å². The highest BCUT2D eigenvalue weighted by molar-refractivity contribution is 6.45. The van der Waals surface area contributed by atoms with Gasteiger partial charge in [0.1, 0.15) is 0 Å². The fourth-order valence-corrected chi connectivity index (χ4v) is 1.73. The molecule has 0 aromatic heterocycles. The van der Waals surface area contributed by atoms with Crippen LogP contribution in [0.2, 0.25) is 6.82 Å². The van der Waals surface area contributed by atoms with Crippen molar-refractivity contribution in [1.82, 2.24) is 4.81 Å². The lowest BCUT2D eigenvalue weighted by Gasteiger charge is -2.31. The molecular weight excluding hydrogens is 137 g/mol. The van der Waals surface area contributed by atoms with Crippen molar-refractivity contribution in [3.63, 3.8) is 0 Å². The Labute approximate surface area is 69.7 Å². The molecule has 0 unspecified atom stereocenters. The van der Waals surface area contributed by atoms with E-state index in [1.807, 2.05) is 6.82 Å². The van der Waals surface area contributed by atoms with Crippen molar-refractivity contribution in [2.75, 3.05) is 13.1 Å². The molecule has 0 spiro atoms. The van der Waals surface area contributed by atoms with E-state index in [0.29, 0.717) is 0 Å². The van der Waals surface area contributed by atoms with Crippen molar-refractivity contribution in [3.8, 4) is 0 Å². The van der Waals surface area contributed by atoms with Crippen molar-refractivity contribution in [3.05, 3.63) is 0 Å². The molecule has 0 aromatic carbocycles. The van der Waals surface area contributed by atoms with Crippen molar-refractivity contribution in [2.45, 2.75) is 33.0 Å². The highest BCUT2D eigenvalue weighted by Gasteiger charge is 2.22. The van der Waals surface area contributed by atoms with E-state index in [9.17, 15) is 5.02 Å². The van der Waals surface area contributed by atoms with E-state index in [1.54, 1.807) is 0 Å². The van der Waals surface area contributed by atoms with Gasteiger partial charge >= 0.3 is 7.05 Å². The molecular formula is C8H18BNO. The van der Waals surface area contributed by atoms with Crippen molar-refractivity contribution in [2.24, 2.45) is 5.92 Å². The minimum Gasteiger partial charge on any atom is -0.437 e. The molecule has 1 heterocycles. The molecule has 0 bridgehead atoms. The Morgan fingerprint density at radius 3 is 2.36 bits per heavy atom. The van der Waals surface area contributed by atoms with Gasteiger partial charge < -0.3 is 9.83 Å². The van der Waals surface area contributed by atoms with Gasteiger partial charge in [0, 0.05) is 0 Å². The van der Waals surface area contributed by atoms with E-state index >= 15 is 0 Å². The normalized spacial score (nSPS) is 22.1. The molecule has 0 amide bonds. The van der Waals surface area contributed by atoms with Gasteiger partial charge in [-0.25, -0.2) is 0 Å². The molecule has 1 rings (SSSR count). The summed E-state index contributed by atoms with van der Waals surface area (Å²) in [6.45, 7) is 6.27. The second kappa shape index (κ2) is 4.12. The van der Waals surface area contributed by atoms with E-state index in [0.717, 1.165) is 19.0 Å². The summed E-state index contributed by atoms with van der Waals surface area (Å²) in [4.78, 5) is 2.14. The van der Waals surface area contributed by atoms with E-state index in [4.69, 9.17) is 0 Å². The number of hydrogen-bond donors (Lipinski definition) is 1. The molecule has 0 saturated carbocycles. The molecule has 64 valence electrons. The van der Waals surface area contributed by atoms with Crippen LogP contribution in [0.3, 0.4) is 0 Å². The second-order valence-electron chi connectivity index (χ2n) is 3.52. The summed E-state index contributed by atoms with van der Waals surface area (Å²) >= 11 is 0. The third-order valence-corrected chi connectivity index (χ3v) is 2.75. The highest BCUT2D eigenvalue weighted by Crippen LogP contribution is 2.19. The topological polar surface area (TPSA) is 23.5 Å². The molecule has 3 heteroatoms. The van der Waals surface area contributed by atoms with Crippen molar-refractivity contribution >= 4 is 7.05 Å². The maximum atomic E-state index is 9.26. The summed E-state index contributed by atoms with van der Waals surface area (Å²) in [6.07, 6.45) is 3.83. The number of hydrogen-bond acceptors (Lipinski definition) is 2. The average Bonchev–Trinajstić information content (AvgIpc) is 2.05. The van der Waals surface area contributed by atoms with E-state index < -0.39 is 0 Å². The van der Waals surface area contributed by atoms with Crippen LogP contribution in [0.25, 0.3) is 0 Å². The van der Waals surface area contributed by atoms with Gasteiger partial charge in [0.2, 0.25) is 0 Å². The summed E-state index contributed by atoms with van der Waals surface area (Å²) in [7, 11) is -0.243. The average molecular weight is 155 g/mol. The SMILES string of the molecule is CCC1CCN(B(C)O)CC1. The zero-order valence-electron chi connectivity index (χ0n) is 7.58. The Bertz CT molecular complexity index is 111. The highest BCUT2D eigenvalue weighted by atomic mass is 16.2. The fourth-order valence-electron chi connectivity index (χ4n) is 1.73. The lowest BCUT2D eigenvalue weighted by molar-refractivity contribution is 0.247. The van der Waals surface area contributed by atoms with Crippen LogP contribution in [-0.4, -0.2) is 30.0 Å². The Balaban J connectivity index is 2.24. The number of piperidine rings is 1. The van der Waals surface area contributed by atoms with Gasteiger partial charge in [-0.05, 0) is 38.7 Å². The summed E-state index contributed by atoms with van der Waals surface area (Å²) in [6, 6.07) is 0. The monoisotopic (exact) mass is 155 g/mol. The largest absolute Gasteiger partial charge is 0.437 e. The predicted molar refractivity (Wildman–Crippen MR) is 48.4 cm³/mol. The van der Waals surface area contributed by atoms with Crippen LogP contribution in [0.5, 0.6) is 0 Å². The molecule has 2 nitrogen and oxygen atoms in total. The van der Waals surface area contributed by atoms with Gasteiger partial charge in [0.15, 0.2) is 0 Å². The third-order valence-electron chi connectivity index (χ3n) is 2.75. The summed E-state index contributed by atoms with van der Waals surface area (Å²) in [5, 5.41) is 9.26. The maximum absolute atomic E-state index is 9.26. The predicted octanol–water partition coefficient (Wildman–Crippen LogP) is 1.22. The Kier molecular flexibility index (Phi) is 3.40. The van der Waals surface area contributed by atoms with Crippen LogP contribution >= 0.6 is 0 Å². The van der Waals surface area contributed by atoms with Crippen LogP contribution in [-0.2, 0) is 0 Å². The third kappa shape index (κ3) is 2.49. The van der Waals surface area contributed by atoms with Gasteiger partial charge in [-0.15, -0.1) is 0 Å². The molecule has 1 aliphatic heterocycles. The lowest BCUT2D eigenvalue weighted by atomic mass is 9.80. The molecule has 0 aliphatic carbocycles. The first-order valence-electron chi connectivity index (χ1n) is 4.66. The molecule has 0 radical (unpaired) electrons. The van der Waals surface area contributed by atoms with Crippen LogP contribution in [0, 0.1) is 5.92 Å². The van der Waals surface area contributed by atoms with Gasteiger partial charge in [0.25, 0.3) is 0 Å². The van der Waals surface area contributed by atoms with Gasteiger partial charge in [0.05, 0.1) is 0 Å². The first kappa shape index (κ1) is 9.08. The molecule has 1 saturated heterocycles. The minimum absolute atomic E-state index is 0.243. The van der Waals surface area contributed by atoms with Crippen LogP contribution in [0.4, 0.5) is 0 Å². The first-order valence-corrected chi connectivity index (χ1v) is 4.66. The molecule has 11 heavy (non-hydrogen) atoms. The molecule has 0 aromatic rings. The lowest BCUT2D eigenvalue weighted by Crippen LogP contribution is -2.42. The molecule has 0 atom stereocenters. The quantitative estimate of drug-likeness (QED) is 0.606. The van der Waals surface area contributed by atoms with E-state index in [1.165, 1.54) is 19.3 Å². The van der Waals surface area contributed by atoms with Crippen LogP contribution < -0.4 is 0 Å². The maximum Gasteiger partial charge on any atom is 0.376 e. The molecule has 1 N–H and O–H groups in total. The molecule has 1 aliphatic rings. The fraction of sp³-hybridized carbons (Fsp3) is 1.00. The van der Waals surface area contributed by atoms with Crippen LogP contribution in [0.15, 0.2) is 0 Å². The zero-order valence-corrected chi connectivity index (χ0v) is 7.58. The van der Waals surface area contributed by atoms with Crippen molar-refractivity contribution in [1.29, 1.82) is 0 Å². The first-order chi connectivity index (χ1) is 5.24. The Morgan fingerprint density at radius 2 is 2.00 bits per heavy atom. The summed E-state index contributed by atoms with van der Waals surface area (Å²) in [5.41, 5.74) is 0.